The van der Waals surface area contributed by atoms with Gasteiger partial charge in [-0.1, -0.05) is 45.5 Å². The number of rotatable bonds is 2. The molecule has 0 aromatic heterocycles. The van der Waals surface area contributed by atoms with Gasteiger partial charge in [0.1, 0.15) is 0 Å². The summed E-state index contributed by atoms with van der Waals surface area (Å²) < 4.78 is 0. The molecule has 0 rings (SSSR count). The zero-order valence-electron chi connectivity index (χ0n) is 8.27. The second-order valence-electron chi connectivity index (χ2n) is 3.40. The van der Waals surface area contributed by atoms with Crippen LogP contribution in [0.1, 0.15) is 13.3 Å². The molecule has 0 atom stereocenters. The molecular formula is C7H17NaO2Si. The van der Waals surface area contributed by atoms with Crippen LogP contribution < -0.4 is 29.6 Å². The molecule has 0 aliphatic rings. The molecular weight excluding hydrogens is 167 g/mol. The summed E-state index contributed by atoms with van der Waals surface area (Å²) in [6.45, 7) is 10.0. The number of hydrogen-bond donors (Lipinski definition) is 1. The van der Waals surface area contributed by atoms with Crippen molar-refractivity contribution in [3.63, 3.8) is 0 Å². The maximum absolute atomic E-state index is 8.24. The topological polar surface area (TPSA) is 37.3 Å². The predicted octanol–water partition coefficient (Wildman–Crippen LogP) is -0.650. The fourth-order valence-corrected chi connectivity index (χ4v) is 2.25. The van der Waals surface area contributed by atoms with Crippen LogP contribution in [0.5, 0.6) is 0 Å². The Kier molecular flexibility index (Phi) is 17.2. The third-order valence-corrected chi connectivity index (χ3v) is 3.00. The Morgan fingerprint density at radius 3 is 1.64 bits per heavy atom. The summed E-state index contributed by atoms with van der Waals surface area (Å²) in [6, 6.07) is 1.48. The molecule has 2 nitrogen and oxygen atoms in total. The molecule has 11 heavy (non-hydrogen) atoms. The molecule has 0 radical (unpaired) electrons. The van der Waals surface area contributed by atoms with Crippen LogP contribution in [-0.2, 0) is 4.79 Å². The van der Waals surface area contributed by atoms with Crippen LogP contribution in [0.25, 0.3) is 0 Å². The second-order valence-corrected chi connectivity index (χ2v) is 9.02. The van der Waals surface area contributed by atoms with Crippen LogP contribution in [-0.4, -0.2) is 19.7 Å². The smallest absolute Gasteiger partial charge is 0.665 e. The minimum absolute atomic E-state index is 0. The van der Waals surface area contributed by atoms with Gasteiger partial charge in [0.15, 0.2) is 0 Å². The van der Waals surface area contributed by atoms with Crippen molar-refractivity contribution < 1.29 is 39.5 Å². The van der Waals surface area contributed by atoms with Crippen molar-refractivity contribution in [1.82, 2.24) is 0 Å². The van der Waals surface area contributed by atoms with E-state index in [-0.39, 0.29) is 29.6 Å². The zero-order chi connectivity index (χ0) is 8.62. The van der Waals surface area contributed by atoms with Gasteiger partial charge in [0.05, 0.1) is 0 Å². The molecule has 0 spiro atoms. The maximum atomic E-state index is 8.24. The fraction of sp³-hybridized carbons (Fsp3) is 0.857. The minimum Gasteiger partial charge on any atom is -0.665 e. The first kappa shape index (κ1) is 17.7. The van der Waals surface area contributed by atoms with E-state index in [0.29, 0.717) is 6.47 Å². The first-order valence-electron chi connectivity index (χ1n) is 3.49. The first-order valence-corrected chi connectivity index (χ1v) is 7.20. The van der Waals surface area contributed by atoms with Crippen molar-refractivity contribution in [2.75, 3.05) is 0 Å². The molecule has 0 unspecified atom stereocenters. The van der Waals surface area contributed by atoms with Crippen LogP contribution in [0.3, 0.4) is 0 Å². The van der Waals surface area contributed by atoms with Crippen LogP contribution in [0.2, 0.25) is 25.7 Å². The summed E-state index contributed by atoms with van der Waals surface area (Å²) in [5.41, 5.74) is 0. The van der Waals surface area contributed by atoms with Gasteiger partial charge in [-0.15, -0.1) is 0 Å². The summed E-state index contributed by atoms with van der Waals surface area (Å²) in [4.78, 5) is 8.24. The Morgan fingerprint density at radius 2 is 1.64 bits per heavy atom. The molecule has 62 valence electrons. The Balaban J connectivity index is -0.000000140. The third kappa shape index (κ3) is 36.7. The fourth-order valence-electron chi connectivity index (χ4n) is 0.750. The summed E-state index contributed by atoms with van der Waals surface area (Å²) in [6.07, 6.45) is 1.37. The summed E-state index contributed by atoms with van der Waals surface area (Å²) >= 11 is 0. The Hall–Kier alpha value is 0.687. The van der Waals surface area contributed by atoms with E-state index >= 15 is 0 Å². The van der Waals surface area contributed by atoms with Crippen molar-refractivity contribution in [2.45, 2.75) is 39.0 Å². The van der Waals surface area contributed by atoms with Crippen LogP contribution in [0.4, 0.5) is 0 Å². The average Bonchev–Trinajstić information content (AvgIpc) is 1.63. The van der Waals surface area contributed by atoms with E-state index in [1.54, 1.807) is 0 Å². The second kappa shape index (κ2) is 10.7. The zero-order valence-corrected chi connectivity index (χ0v) is 11.3. The molecule has 0 saturated heterocycles. The largest absolute Gasteiger partial charge is 1.00 e. The Labute approximate surface area is 92.7 Å². The summed E-state index contributed by atoms with van der Waals surface area (Å²) in [5.74, 6) is 0. The molecule has 0 aromatic carbocycles. The summed E-state index contributed by atoms with van der Waals surface area (Å²) in [5, 5.41) is 6.76. The van der Waals surface area contributed by atoms with Crippen molar-refractivity contribution in [3.05, 3.63) is 0 Å². The number of hydrogen-bond acceptors (Lipinski definition) is 1. The average molecular weight is 184 g/mol. The molecule has 0 amide bonds. The molecule has 0 bridgehead atoms. The van der Waals surface area contributed by atoms with Crippen molar-refractivity contribution in [3.8, 4) is 0 Å². The van der Waals surface area contributed by atoms with Gasteiger partial charge in [-0.3, -0.25) is 0 Å². The van der Waals surface area contributed by atoms with Crippen molar-refractivity contribution in [2.24, 2.45) is 0 Å². The number of aliphatic hydroxyl groups excluding tert-OH is 1. The first-order chi connectivity index (χ1) is 4.47. The van der Waals surface area contributed by atoms with E-state index in [0.717, 1.165) is 0 Å². The Bertz CT molecular complexity index is 81.0. The molecule has 0 heterocycles. The maximum Gasteiger partial charge on any atom is 1.00 e. The SMILES string of the molecule is CCC[Si](C)(C)C.O=[C-]O.[Na+]. The van der Waals surface area contributed by atoms with Gasteiger partial charge < -0.3 is 9.90 Å². The van der Waals surface area contributed by atoms with Crippen molar-refractivity contribution >= 4 is 14.5 Å². The van der Waals surface area contributed by atoms with Gasteiger partial charge in [0.2, 0.25) is 0 Å². The summed E-state index contributed by atoms with van der Waals surface area (Å²) in [7, 11) is -0.657. The van der Waals surface area contributed by atoms with E-state index in [2.05, 4.69) is 26.6 Å². The normalized spacial score (nSPS) is 8.73. The molecule has 0 saturated carbocycles. The van der Waals surface area contributed by atoms with Crippen LogP contribution in [0.15, 0.2) is 0 Å². The van der Waals surface area contributed by atoms with Gasteiger partial charge >= 0.3 is 29.6 Å². The van der Waals surface area contributed by atoms with Crippen molar-refractivity contribution in [1.29, 1.82) is 0 Å². The molecule has 0 aliphatic carbocycles. The quantitative estimate of drug-likeness (QED) is 0.457. The van der Waals surface area contributed by atoms with E-state index in [9.17, 15) is 0 Å². The van der Waals surface area contributed by atoms with Gasteiger partial charge in [0, 0.05) is 8.07 Å². The molecule has 0 aliphatic heterocycles. The predicted molar refractivity (Wildman–Crippen MR) is 46.8 cm³/mol. The van der Waals surface area contributed by atoms with Gasteiger partial charge in [0.25, 0.3) is 0 Å². The molecule has 1 N–H and O–H groups in total. The molecule has 0 aromatic rings. The van der Waals surface area contributed by atoms with Gasteiger partial charge in [-0.25, -0.2) is 0 Å². The van der Waals surface area contributed by atoms with Crippen LogP contribution >= 0.6 is 0 Å². The van der Waals surface area contributed by atoms with Crippen LogP contribution in [0, 0.1) is 0 Å². The van der Waals surface area contributed by atoms with Gasteiger partial charge in [-0.05, 0) is 0 Å². The van der Waals surface area contributed by atoms with E-state index in [4.69, 9.17) is 9.90 Å². The van der Waals surface area contributed by atoms with E-state index in [1.165, 1.54) is 12.5 Å². The van der Waals surface area contributed by atoms with Gasteiger partial charge in [-0.2, -0.15) is 0 Å². The Morgan fingerprint density at radius 1 is 1.36 bits per heavy atom. The molecule has 0 fully saturated rings. The third-order valence-electron chi connectivity index (χ3n) is 1.000. The monoisotopic (exact) mass is 184 g/mol. The minimum atomic E-state index is -0.657. The standard InChI is InChI=1S/C6H16Si.CHO2.Na/c1-5-6-7(2,3)4;2-1-3;/h5-6H2,1-4H3;(H,2,3);/q;-1;+1. The van der Waals surface area contributed by atoms with E-state index < -0.39 is 8.07 Å². The van der Waals surface area contributed by atoms with E-state index in [1.807, 2.05) is 0 Å². The molecule has 4 heteroatoms.